The van der Waals surface area contributed by atoms with Gasteiger partial charge in [0.1, 0.15) is 12.4 Å². The number of para-hydroxylation sites is 1. The zero-order chi connectivity index (χ0) is 20.4. The van der Waals surface area contributed by atoms with E-state index in [4.69, 9.17) is 11.6 Å². The molecule has 0 spiro atoms. The number of nitrogens with zero attached hydrogens (tertiary/aromatic N) is 3. The van der Waals surface area contributed by atoms with Crippen LogP contribution in [0.25, 0.3) is 11.3 Å². The van der Waals surface area contributed by atoms with Gasteiger partial charge in [0.2, 0.25) is 5.91 Å². The van der Waals surface area contributed by atoms with Crippen LogP contribution in [0.3, 0.4) is 0 Å². The second-order valence-electron chi connectivity index (χ2n) is 6.60. The molecule has 0 fully saturated rings. The monoisotopic (exact) mass is 386 g/mol. The standard InChI is InChI=1S/C20H30N6O2/c1-3-8-19-24-13-18(16-9-4-5-10-17(16)25-15(2)21)26(19)12-7-6-11-23-20(27)14-28-22/h4-5,9-10,13H,3,6-8,11-12,14,22H2,1-2H3,(H2,21,25)(H,23,27). The van der Waals surface area contributed by atoms with Gasteiger partial charge in [0.15, 0.2) is 0 Å². The van der Waals surface area contributed by atoms with Crippen molar-refractivity contribution in [2.75, 3.05) is 13.2 Å². The van der Waals surface area contributed by atoms with E-state index in [1.54, 1.807) is 6.92 Å². The van der Waals surface area contributed by atoms with Crippen LogP contribution in [0.1, 0.15) is 38.9 Å². The van der Waals surface area contributed by atoms with Crippen LogP contribution in [0.2, 0.25) is 0 Å². The van der Waals surface area contributed by atoms with Crippen molar-refractivity contribution in [3.63, 3.8) is 0 Å². The van der Waals surface area contributed by atoms with Gasteiger partial charge < -0.3 is 15.6 Å². The van der Waals surface area contributed by atoms with Crippen LogP contribution >= 0.6 is 0 Å². The van der Waals surface area contributed by atoms with E-state index < -0.39 is 0 Å². The minimum atomic E-state index is -0.207. The largest absolute Gasteiger partial charge is 0.387 e. The van der Waals surface area contributed by atoms with E-state index >= 15 is 0 Å². The normalized spacial score (nSPS) is 11.6. The van der Waals surface area contributed by atoms with Gasteiger partial charge in [-0.05, 0) is 32.3 Å². The van der Waals surface area contributed by atoms with E-state index in [0.29, 0.717) is 12.4 Å². The van der Waals surface area contributed by atoms with Gasteiger partial charge in [0.05, 0.1) is 23.4 Å². The summed E-state index contributed by atoms with van der Waals surface area (Å²) in [5.74, 6) is 6.26. The molecule has 1 aromatic carbocycles. The van der Waals surface area contributed by atoms with Crippen molar-refractivity contribution >= 4 is 17.4 Å². The maximum atomic E-state index is 11.4. The SMILES string of the molecule is CCCc1ncc(-c2ccccc2N=C(C)N)n1CCCCNC(=O)CON. The first kappa shape index (κ1) is 21.6. The molecule has 1 amide bonds. The number of aryl methyl sites for hydroxylation is 1. The highest BCUT2D eigenvalue weighted by Gasteiger charge is 2.14. The fourth-order valence-corrected chi connectivity index (χ4v) is 3.03. The zero-order valence-corrected chi connectivity index (χ0v) is 16.6. The first-order valence-corrected chi connectivity index (χ1v) is 9.59. The molecule has 0 aliphatic rings. The number of rotatable bonds is 11. The number of hydrogen-bond donors (Lipinski definition) is 3. The number of unbranched alkanes of at least 4 members (excludes halogenated alkanes) is 1. The van der Waals surface area contributed by atoms with E-state index in [9.17, 15) is 4.79 Å². The molecule has 1 aromatic heterocycles. The topological polar surface area (TPSA) is 121 Å². The molecule has 28 heavy (non-hydrogen) atoms. The number of nitrogens with one attached hydrogen (secondary N) is 1. The summed E-state index contributed by atoms with van der Waals surface area (Å²) in [6.07, 6.45) is 5.59. The minimum Gasteiger partial charge on any atom is -0.387 e. The molecule has 0 aliphatic heterocycles. The third kappa shape index (κ3) is 6.17. The molecule has 0 bridgehead atoms. The molecule has 8 heteroatoms. The van der Waals surface area contributed by atoms with Crippen molar-refractivity contribution in [1.29, 1.82) is 0 Å². The molecule has 0 saturated heterocycles. The molecule has 152 valence electrons. The summed E-state index contributed by atoms with van der Waals surface area (Å²) in [7, 11) is 0. The van der Waals surface area contributed by atoms with E-state index in [0.717, 1.165) is 55.0 Å². The first-order valence-electron chi connectivity index (χ1n) is 9.59. The second-order valence-corrected chi connectivity index (χ2v) is 6.60. The average Bonchev–Trinajstić information content (AvgIpc) is 3.04. The average molecular weight is 387 g/mol. The van der Waals surface area contributed by atoms with Gasteiger partial charge in [-0.2, -0.15) is 0 Å². The van der Waals surface area contributed by atoms with Crippen molar-refractivity contribution in [2.24, 2.45) is 16.6 Å². The van der Waals surface area contributed by atoms with Gasteiger partial charge in [-0.15, -0.1) is 0 Å². The molecule has 8 nitrogen and oxygen atoms in total. The van der Waals surface area contributed by atoms with Crippen molar-refractivity contribution < 1.29 is 9.63 Å². The van der Waals surface area contributed by atoms with Gasteiger partial charge >= 0.3 is 0 Å². The summed E-state index contributed by atoms with van der Waals surface area (Å²) in [5, 5.41) is 2.78. The Balaban J connectivity index is 2.15. The number of aliphatic imine (C=N–C) groups is 1. The highest BCUT2D eigenvalue weighted by molar-refractivity contribution is 5.84. The lowest BCUT2D eigenvalue weighted by Gasteiger charge is -2.14. The predicted molar refractivity (Wildman–Crippen MR) is 111 cm³/mol. The molecule has 2 rings (SSSR count). The summed E-state index contributed by atoms with van der Waals surface area (Å²) >= 11 is 0. The zero-order valence-electron chi connectivity index (χ0n) is 16.6. The summed E-state index contributed by atoms with van der Waals surface area (Å²) in [6, 6.07) is 7.94. The molecule has 0 radical (unpaired) electrons. The third-order valence-electron chi connectivity index (χ3n) is 4.23. The summed E-state index contributed by atoms with van der Waals surface area (Å²) < 4.78 is 2.24. The molecule has 1 heterocycles. The van der Waals surface area contributed by atoms with Crippen LogP contribution in [0.5, 0.6) is 0 Å². The van der Waals surface area contributed by atoms with Crippen LogP contribution in [0.15, 0.2) is 35.5 Å². The Morgan fingerprint density at radius 1 is 1.32 bits per heavy atom. The molecule has 0 unspecified atom stereocenters. The number of amidine groups is 1. The lowest BCUT2D eigenvalue weighted by molar-refractivity contribution is -0.125. The highest BCUT2D eigenvalue weighted by atomic mass is 16.6. The van der Waals surface area contributed by atoms with Gasteiger partial charge in [0.25, 0.3) is 0 Å². The molecule has 0 aliphatic carbocycles. The summed E-state index contributed by atoms with van der Waals surface area (Å²) in [4.78, 5) is 24.8. The van der Waals surface area contributed by atoms with Crippen LogP contribution < -0.4 is 16.9 Å². The Bertz CT molecular complexity index is 796. The van der Waals surface area contributed by atoms with Crippen LogP contribution in [-0.2, 0) is 22.6 Å². The number of imidazole rings is 1. The van der Waals surface area contributed by atoms with Crippen molar-refractivity contribution in [3.8, 4) is 11.3 Å². The number of aromatic nitrogens is 2. The first-order chi connectivity index (χ1) is 13.6. The summed E-state index contributed by atoms with van der Waals surface area (Å²) in [6.45, 7) is 5.20. The van der Waals surface area contributed by atoms with Gasteiger partial charge in [0, 0.05) is 25.1 Å². The fourth-order valence-electron chi connectivity index (χ4n) is 3.03. The number of amides is 1. The van der Waals surface area contributed by atoms with Crippen LogP contribution in [0, 0.1) is 0 Å². The third-order valence-corrected chi connectivity index (χ3v) is 4.23. The molecule has 0 atom stereocenters. The Kier molecular flexibility index (Phi) is 8.64. The Labute approximate surface area is 165 Å². The molecular formula is C20H30N6O2. The number of benzene rings is 1. The minimum absolute atomic E-state index is 0.121. The fraction of sp³-hybridized carbons (Fsp3) is 0.450. The molecule has 2 aromatic rings. The van der Waals surface area contributed by atoms with Crippen molar-refractivity contribution in [3.05, 3.63) is 36.3 Å². The molecule has 5 N–H and O–H groups in total. The Morgan fingerprint density at radius 2 is 2.11 bits per heavy atom. The van der Waals surface area contributed by atoms with E-state index in [-0.39, 0.29) is 12.5 Å². The quantitative estimate of drug-likeness (QED) is 0.237. The predicted octanol–water partition coefficient (Wildman–Crippen LogP) is 2.30. The van der Waals surface area contributed by atoms with Crippen LogP contribution in [0.4, 0.5) is 5.69 Å². The smallest absolute Gasteiger partial charge is 0.248 e. The second kappa shape index (κ2) is 11.2. The van der Waals surface area contributed by atoms with Crippen molar-refractivity contribution in [2.45, 2.75) is 46.1 Å². The Hall–Kier alpha value is -2.71. The highest BCUT2D eigenvalue weighted by Crippen LogP contribution is 2.31. The lowest BCUT2D eigenvalue weighted by atomic mass is 10.1. The Morgan fingerprint density at radius 3 is 2.82 bits per heavy atom. The summed E-state index contributed by atoms with van der Waals surface area (Å²) in [5.41, 5.74) is 8.67. The number of hydrogen-bond acceptors (Lipinski definition) is 5. The van der Waals surface area contributed by atoms with E-state index in [1.807, 2.05) is 30.5 Å². The van der Waals surface area contributed by atoms with Gasteiger partial charge in [-0.3, -0.25) is 9.63 Å². The number of carbonyl (C=O) groups is 1. The van der Waals surface area contributed by atoms with E-state index in [2.05, 4.69) is 31.6 Å². The molecular weight excluding hydrogens is 356 g/mol. The number of nitrogens with two attached hydrogens (primary N) is 2. The van der Waals surface area contributed by atoms with Gasteiger partial charge in [-0.25, -0.2) is 15.9 Å². The number of carbonyl (C=O) groups excluding carboxylic acids is 1. The maximum Gasteiger partial charge on any atom is 0.248 e. The lowest BCUT2D eigenvalue weighted by Crippen LogP contribution is -2.29. The van der Waals surface area contributed by atoms with E-state index in [1.165, 1.54) is 0 Å². The van der Waals surface area contributed by atoms with Gasteiger partial charge in [-0.1, -0.05) is 25.1 Å². The van der Waals surface area contributed by atoms with Crippen LogP contribution in [-0.4, -0.2) is 34.4 Å². The maximum absolute atomic E-state index is 11.4. The molecule has 0 saturated carbocycles. The van der Waals surface area contributed by atoms with Crippen molar-refractivity contribution in [1.82, 2.24) is 14.9 Å².